The van der Waals surface area contributed by atoms with Crippen molar-refractivity contribution in [3.05, 3.63) is 77.5 Å². The van der Waals surface area contributed by atoms with Crippen LogP contribution < -0.4 is 4.74 Å². The number of carbonyl (C=O) groups is 1. The summed E-state index contributed by atoms with van der Waals surface area (Å²) in [4.78, 5) is 21.5. The van der Waals surface area contributed by atoms with Gasteiger partial charge < -0.3 is 4.74 Å². The third-order valence-electron chi connectivity index (χ3n) is 5.77. The van der Waals surface area contributed by atoms with Crippen molar-refractivity contribution >= 4 is 5.97 Å². The fourth-order valence-electron chi connectivity index (χ4n) is 3.68. The minimum absolute atomic E-state index is 0.0660. The van der Waals surface area contributed by atoms with Gasteiger partial charge in [-0.05, 0) is 49.1 Å². The number of hydrogen-bond donors (Lipinski definition) is 0. The second-order valence-electron chi connectivity index (χ2n) is 8.35. The first-order valence-electron chi connectivity index (χ1n) is 12.0. The monoisotopic (exact) mass is 448 g/mol. The molecule has 3 aromatic rings. The van der Waals surface area contributed by atoms with Crippen molar-refractivity contribution in [2.24, 2.45) is 0 Å². The molecular weight excluding hydrogens is 415 g/mol. The summed E-state index contributed by atoms with van der Waals surface area (Å²) in [5, 5.41) is 0. The molecule has 33 heavy (non-hydrogen) atoms. The van der Waals surface area contributed by atoms with Gasteiger partial charge in [-0.1, -0.05) is 70.6 Å². The topological polar surface area (TPSA) is 52.1 Å². The number of nitrogens with zero attached hydrogens (tertiary/aromatic N) is 2. The lowest BCUT2D eigenvalue weighted by atomic mass is 10.1. The fourth-order valence-corrected chi connectivity index (χ4v) is 3.68. The Kier molecular flexibility index (Phi) is 9.55. The highest BCUT2D eigenvalue weighted by molar-refractivity contribution is 5.91. The van der Waals surface area contributed by atoms with E-state index in [-0.39, 0.29) is 5.75 Å². The summed E-state index contributed by atoms with van der Waals surface area (Å²) in [7, 11) is 0. The summed E-state index contributed by atoms with van der Waals surface area (Å²) >= 11 is 0. The molecule has 0 atom stereocenters. The smallest absolute Gasteiger partial charge is 0.343 e. The van der Waals surface area contributed by atoms with Crippen LogP contribution in [0.5, 0.6) is 5.75 Å². The van der Waals surface area contributed by atoms with Gasteiger partial charge in [0.1, 0.15) is 0 Å². The zero-order valence-corrected chi connectivity index (χ0v) is 19.6. The maximum Gasteiger partial charge on any atom is 0.343 e. The van der Waals surface area contributed by atoms with E-state index in [0.717, 1.165) is 41.8 Å². The summed E-state index contributed by atoms with van der Waals surface area (Å²) in [5.41, 5.74) is 3.82. The highest BCUT2D eigenvalue weighted by Gasteiger charge is 2.13. The lowest BCUT2D eigenvalue weighted by molar-refractivity contribution is 0.0728. The number of unbranched alkanes of at least 4 members (excludes halogenated alkanes) is 6. The van der Waals surface area contributed by atoms with Crippen LogP contribution in [0, 0.1) is 5.82 Å². The summed E-state index contributed by atoms with van der Waals surface area (Å²) in [6.07, 6.45) is 14.2. The standard InChI is InChI=1S/C28H33FN2O2/c1-3-5-6-7-8-9-10-11-24-19-31-26(20-30-24)22-13-15-23(16-14-22)28(32)33-27-17-12-21(4-2)18-25(27)29/h12-20H,3-11H2,1-2H3. The second-order valence-corrected chi connectivity index (χ2v) is 8.35. The first-order valence-corrected chi connectivity index (χ1v) is 12.0. The summed E-state index contributed by atoms with van der Waals surface area (Å²) in [6, 6.07) is 11.5. The van der Waals surface area contributed by atoms with E-state index >= 15 is 0 Å². The Bertz CT molecular complexity index is 1020. The van der Waals surface area contributed by atoms with Gasteiger partial charge in [-0.2, -0.15) is 0 Å². The molecule has 0 saturated heterocycles. The number of benzene rings is 2. The number of ether oxygens (including phenoxy) is 1. The van der Waals surface area contributed by atoms with Gasteiger partial charge in [0.25, 0.3) is 0 Å². The normalized spacial score (nSPS) is 10.9. The molecule has 0 aliphatic carbocycles. The first kappa shape index (κ1) is 24.6. The number of aryl methyl sites for hydroxylation is 2. The number of hydrogen-bond acceptors (Lipinski definition) is 4. The van der Waals surface area contributed by atoms with Crippen LogP contribution in [0.2, 0.25) is 0 Å². The average Bonchev–Trinajstić information content (AvgIpc) is 2.85. The van der Waals surface area contributed by atoms with Crippen molar-refractivity contribution in [3.63, 3.8) is 0 Å². The van der Waals surface area contributed by atoms with Crippen molar-refractivity contribution in [1.29, 1.82) is 0 Å². The van der Waals surface area contributed by atoms with Crippen molar-refractivity contribution in [2.75, 3.05) is 0 Å². The maximum atomic E-state index is 14.1. The van der Waals surface area contributed by atoms with Crippen LogP contribution in [-0.4, -0.2) is 15.9 Å². The number of aromatic nitrogens is 2. The predicted octanol–water partition coefficient (Wildman–Crippen LogP) is 7.36. The van der Waals surface area contributed by atoms with Crippen LogP contribution in [0.25, 0.3) is 11.3 Å². The molecule has 0 aliphatic rings. The van der Waals surface area contributed by atoms with Crippen LogP contribution in [-0.2, 0) is 12.8 Å². The molecule has 0 unspecified atom stereocenters. The second kappa shape index (κ2) is 12.8. The van der Waals surface area contributed by atoms with Gasteiger partial charge in [-0.3, -0.25) is 9.97 Å². The molecule has 174 valence electrons. The zero-order chi connectivity index (χ0) is 23.5. The molecule has 1 heterocycles. The molecule has 0 spiro atoms. The Morgan fingerprint density at radius 3 is 2.24 bits per heavy atom. The minimum Gasteiger partial charge on any atom is -0.420 e. The molecular formula is C28H33FN2O2. The maximum absolute atomic E-state index is 14.1. The molecule has 1 aromatic heterocycles. The first-order chi connectivity index (χ1) is 16.1. The molecule has 4 nitrogen and oxygen atoms in total. The predicted molar refractivity (Wildman–Crippen MR) is 130 cm³/mol. The summed E-state index contributed by atoms with van der Waals surface area (Å²) in [5.74, 6) is -1.20. The third kappa shape index (κ3) is 7.48. The van der Waals surface area contributed by atoms with Gasteiger partial charge in [-0.25, -0.2) is 9.18 Å². The molecule has 0 N–H and O–H groups in total. The van der Waals surface area contributed by atoms with Crippen molar-refractivity contribution in [2.45, 2.75) is 71.6 Å². The van der Waals surface area contributed by atoms with Gasteiger partial charge in [0.2, 0.25) is 0 Å². The number of carbonyl (C=O) groups excluding carboxylic acids is 1. The van der Waals surface area contributed by atoms with Gasteiger partial charge in [0.15, 0.2) is 11.6 Å². The molecule has 0 amide bonds. The van der Waals surface area contributed by atoms with E-state index in [4.69, 9.17) is 4.74 Å². The van der Waals surface area contributed by atoms with E-state index in [0.29, 0.717) is 5.56 Å². The number of rotatable bonds is 12. The van der Waals surface area contributed by atoms with Gasteiger partial charge in [-0.15, -0.1) is 0 Å². The van der Waals surface area contributed by atoms with E-state index in [2.05, 4.69) is 16.9 Å². The van der Waals surface area contributed by atoms with Gasteiger partial charge in [0, 0.05) is 11.8 Å². The summed E-state index contributed by atoms with van der Waals surface area (Å²) in [6.45, 7) is 4.18. The molecule has 0 bridgehead atoms. The Labute approximate surface area is 196 Å². The van der Waals surface area contributed by atoms with E-state index in [1.54, 1.807) is 36.5 Å². The SMILES string of the molecule is CCCCCCCCCc1cnc(-c2ccc(C(=O)Oc3ccc(CC)cc3F)cc2)cn1. The Hall–Kier alpha value is -3.08. The number of halogens is 1. The van der Waals surface area contributed by atoms with Crippen molar-refractivity contribution < 1.29 is 13.9 Å². The van der Waals surface area contributed by atoms with Crippen LogP contribution in [0.3, 0.4) is 0 Å². The van der Waals surface area contributed by atoms with E-state index in [1.165, 1.54) is 50.7 Å². The largest absolute Gasteiger partial charge is 0.420 e. The average molecular weight is 449 g/mol. The van der Waals surface area contributed by atoms with Gasteiger partial charge >= 0.3 is 5.97 Å². The highest BCUT2D eigenvalue weighted by Crippen LogP contribution is 2.22. The van der Waals surface area contributed by atoms with Crippen LogP contribution in [0.15, 0.2) is 54.9 Å². The highest BCUT2D eigenvalue weighted by atomic mass is 19.1. The molecule has 3 rings (SSSR count). The van der Waals surface area contributed by atoms with Crippen LogP contribution >= 0.6 is 0 Å². The van der Waals surface area contributed by atoms with E-state index < -0.39 is 11.8 Å². The Morgan fingerprint density at radius 1 is 0.879 bits per heavy atom. The third-order valence-corrected chi connectivity index (χ3v) is 5.77. The molecule has 0 saturated carbocycles. The van der Waals surface area contributed by atoms with Crippen molar-refractivity contribution in [3.8, 4) is 17.0 Å². The fraction of sp³-hybridized carbons (Fsp3) is 0.393. The molecule has 0 fully saturated rings. The molecule has 2 aromatic carbocycles. The van der Waals surface area contributed by atoms with Crippen LogP contribution in [0.4, 0.5) is 4.39 Å². The number of esters is 1. The van der Waals surface area contributed by atoms with E-state index in [1.807, 2.05) is 13.1 Å². The lowest BCUT2D eigenvalue weighted by Gasteiger charge is -2.08. The Morgan fingerprint density at radius 2 is 1.61 bits per heavy atom. The summed E-state index contributed by atoms with van der Waals surface area (Å²) < 4.78 is 19.3. The molecule has 0 aliphatic heterocycles. The minimum atomic E-state index is -0.596. The molecule has 0 radical (unpaired) electrons. The Balaban J connectivity index is 1.51. The van der Waals surface area contributed by atoms with Crippen molar-refractivity contribution in [1.82, 2.24) is 9.97 Å². The lowest BCUT2D eigenvalue weighted by Crippen LogP contribution is -2.09. The quantitative estimate of drug-likeness (QED) is 0.165. The van der Waals surface area contributed by atoms with Gasteiger partial charge in [0.05, 0.1) is 23.1 Å². The van der Waals surface area contributed by atoms with Crippen LogP contribution in [0.1, 0.15) is 80.4 Å². The van der Waals surface area contributed by atoms with E-state index in [9.17, 15) is 9.18 Å². The zero-order valence-electron chi connectivity index (χ0n) is 19.6. The molecule has 5 heteroatoms.